The first kappa shape index (κ1) is 20.8. The highest BCUT2D eigenvalue weighted by atomic mass is 79.9. The Morgan fingerprint density at radius 1 is 1.16 bits per heavy atom. The summed E-state index contributed by atoms with van der Waals surface area (Å²) < 4.78 is 2.18. The van der Waals surface area contributed by atoms with Crippen LogP contribution in [0, 0.1) is 5.41 Å². The fourth-order valence-electron chi connectivity index (χ4n) is 4.89. The predicted octanol–water partition coefficient (Wildman–Crippen LogP) is 2.48. The quantitative estimate of drug-likeness (QED) is 0.528. The zero-order valence-corrected chi connectivity index (χ0v) is 19.1. The molecule has 3 heterocycles. The number of carbonyl (C=O) groups is 3. The first-order valence-electron chi connectivity index (χ1n) is 10.5. The smallest absolute Gasteiger partial charge is 0.269 e. The van der Waals surface area contributed by atoms with Crippen LogP contribution in [0.2, 0.25) is 0 Å². The number of nitrogens with zero attached hydrogens (tertiary/aromatic N) is 4. The molecule has 2 aromatic heterocycles. The lowest BCUT2D eigenvalue weighted by molar-refractivity contribution is -0.139. The van der Waals surface area contributed by atoms with E-state index in [0.29, 0.717) is 27.6 Å². The van der Waals surface area contributed by atoms with E-state index in [-0.39, 0.29) is 41.8 Å². The largest absolute Gasteiger partial charge is 0.364 e. The average molecular weight is 496 g/mol. The van der Waals surface area contributed by atoms with Crippen molar-refractivity contribution in [2.24, 2.45) is 11.1 Å². The Morgan fingerprint density at radius 3 is 2.69 bits per heavy atom. The molecule has 9 heteroatoms. The van der Waals surface area contributed by atoms with E-state index in [4.69, 9.17) is 5.73 Å². The summed E-state index contributed by atoms with van der Waals surface area (Å²) >= 11 is 3.34. The van der Waals surface area contributed by atoms with Crippen molar-refractivity contribution in [2.75, 3.05) is 0 Å². The maximum absolute atomic E-state index is 13.4. The molecule has 1 aliphatic heterocycles. The minimum absolute atomic E-state index is 0.0134. The molecule has 2 fully saturated rings. The van der Waals surface area contributed by atoms with Gasteiger partial charge in [-0.15, -0.1) is 0 Å². The molecule has 3 atom stereocenters. The number of hydrogen-bond acceptors (Lipinski definition) is 5. The molecule has 2 aliphatic rings. The Bertz CT molecular complexity index is 1270. The van der Waals surface area contributed by atoms with E-state index in [2.05, 4.69) is 32.9 Å². The van der Waals surface area contributed by atoms with Gasteiger partial charge in [-0.05, 0) is 52.4 Å². The fourth-order valence-corrected chi connectivity index (χ4v) is 5.28. The molecule has 5 rings (SSSR count). The molecule has 2 amide bonds. The van der Waals surface area contributed by atoms with Crippen molar-refractivity contribution in [3.8, 4) is 0 Å². The molecule has 0 bridgehead atoms. The van der Waals surface area contributed by atoms with Crippen LogP contribution in [0.3, 0.4) is 0 Å². The second kappa shape index (κ2) is 7.51. The molecule has 1 saturated carbocycles. The lowest BCUT2D eigenvalue weighted by atomic mass is 9.97. The number of likely N-dealkylation sites (tertiary alicyclic amines) is 1. The van der Waals surface area contributed by atoms with Crippen molar-refractivity contribution < 1.29 is 14.4 Å². The third kappa shape index (κ3) is 3.50. The van der Waals surface area contributed by atoms with Crippen LogP contribution in [0.15, 0.2) is 47.1 Å². The van der Waals surface area contributed by atoms with Gasteiger partial charge in [0.1, 0.15) is 11.1 Å². The van der Waals surface area contributed by atoms with Gasteiger partial charge in [-0.25, -0.2) is 4.98 Å². The van der Waals surface area contributed by atoms with Gasteiger partial charge in [-0.2, -0.15) is 5.10 Å². The van der Waals surface area contributed by atoms with E-state index in [1.54, 1.807) is 23.1 Å². The number of Topliss-reactive ketones (excluding diaryl/α,β-unsaturated/α-hetero) is 1. The number of rotatable bonds is 6. The van der Waals surface area contributed by atoms with E-state index in [1.807, 2.05) is 24.3 Å². The maximum Gasteiger partial charge on any atom is 0.269 e. The second-order valence-electron chi connectivity index (χ2n) is 8.88. The van der Waals surface area contributed by atoms with Gasteiger partial charge in [-0.1, -0.05) is 31.2 Å². The molecule has 3 aromatic rings. The average Bonchev–Trinajstić information content (AvgIpc) is 3.12. The molecule has 2 N–H and O–H groups in total. The molecule has 0 radical (unpaired) electrons. The number of carbonyl (C=O) groups excluding carboxylic acids is 3. The summed E-state index contributed by atoms with van der Waals surface area (Å²) in [5.74, 6) is -0.834. The summed E-state index contributed by atoms with van der Waals surface area (Å²) in [6.45, 7) is 2.07. The predicted molar refractivity (Wildman–Crippen MR) is 121 cm³/mol. The summed E-state index contributed by atoms with van der Waals surface area (Å²) in [6.07, 6.45) is 1.72. The normalized spacial score (nSPS) is 23.9. The molecule has 0 unspecified atom stereocenters. The van der Waals surface area contributed by atoms with Crippen molar-refractivity contribution in [1.29, 1.82) is 0 Å². The van der Waals surface area contributed by atoms with Gasteiger partial charge in [-0.3, -0.25) is 19.1 Å². The molecule has 0 spiro atoms. The number of amides is 2. The van der Waals surface area contributed by atoms with Crippen LogP contribution < -0.4 is 5.73 Å². The number of halogens is 1. The van der Waals surface area contributed by atoms with Crippen LogP contribution in [0.25, 0.3) is 10.9 Å². The van der Waals surface area contributed by atoms with E-state index < -0.39 is 11.9 Å². The Kier molecular flexibility index (Phi) is 4.88. The Morgan fingerprint density at radius 2 is 1.94 bits per heavy atom. The molecule has 1 aromatic carbocycles. The van der Waals surface area contributed by atoms with Crippen molar-refractivity contribution in [2.45, 2.75) is 44.8 Å². The highest BCUT2D eigenvalue weighted by molar-refractivity contribution is 9.10. The number of ketones is 1. The zero-order valence-electron chi connectivity index (χ0n) is 17.5. The molecule has 1 saturated heterocycles. The van der Waals surface area contributed by atoms with Crippen molar-refractivity contribution >= 4 is 44.4 Å². The Hall–Kier alpha value is -3.07. The number of fused-ring (bicyclic) bond motifs is 2. The first-order valence-corrected chi connectivity index (χ1v) is 11.3. The van der Waals surface area contributed by atoms with Gasteiger partial charge in [0.15, 0.2) is 11.5 Å². The van der Waals surface area contributed by atoms with Gasteiger partial charge in [0.05, 0.1) is 18.0 Å². The minimum atomic E-state index is -0.641. The first-order chi connectivity index (χ1) is 15.3. The fraction of sp³-hybridized carbons (Fsp3) is 0.348. The zero-order chi connectivity index (χ0) is 22.6. The van der Waals surface area contributed by atoms with Crippen LogP contribution in [-0.2, 0) is 22.6 Å². The van der Waals surface area contributed by atoms with Gasteiger partial charge < -0.3 is 10.6 Å². The third-order valence-electron chi connectivity index (χ3n) is 6.60. The number of hydrogen-bond donors (Lipinski definition) is 1. The Labute approximate surface area is 192 Å². The van der Waals surface area contributed by atoms with E-state index >= 15 is 0 Å². The number of benzene rings is 1. The van der Waals surface area contributed by atoms with Crippen molar-refractivity contribution in [3.05, 3.63) is 58.5 Å². The molecule has 32 heavy (non-hydrogen) atoms. The third-order valence-corrected chi connectivity index (χ3v) is 7.04. The molecule has 8 nitrogen and oxygen atoms in total. The number of primary amides is 1. The lowest BCUT2D eigenvalue weighted by Gasteiger charge is -2.26. The number of pyridine rings is 1. The second-order valence-corrected chi connectivity index (χ2v) is 9.69. The summed E-state index contributed by atoms with van der Waals surface area (Å²) in [5, 5.41) is 4.91. The number of piperidine rings is 1. The topological polar surface area (TPSA) is 111 Å². The van der Waals surface area contributed by atoms with Gasteiger partial charge in [0.25, 0.3) is 5.91 Å². The maximum atomic E-state index is 13.4. The van der Waals surface area contributed by atoms with Crippen molar-refractivity contribution in [3.63, 3.8) is 0 Å². The van der Waals surface area contributed by atoms with Crippen LogP contribution in [0.5, 0.6) is 0 Å². The molecular formula is C23H22BrN5O3. The van der Waals surface area contributed by atoms with Crippen LogP contribution in [-0.4, -0.2) is 49.3 Å². The minimum Gasteiger partial charge on any atom is -0.364 e. The van der Waals surface area contributed by atoms with E-state index in [9.17, 15) is 14.4 Å². The highest BCUT2D eigenvalue weighted by Gasteiger charge is 2.64. The SMILES string of the molecule is C[C@@]12C[C@@H](C(=O)Cc3cccc(Br)n3)N(C(=O)Cn3nc(C(N)=O)c4ccccc43)[C@@H]1C2. The summed E-state index contributed by atoms with van der Waals surface area (Å²) in [6, 6.07) is 12.2. The van der Waals surface area contributed by atoms with E-state index in [1.165, 1.54) is 4.68 Å². The van der Waals surface area contributed by atoms with Crippen LogP contribution in [0.1, 0.15) is 35.9 Å². The number of para-hydroxylation sites is 1. The summed E-state index contributed by atoms with van der Waals surface area (Å²) in [7, 11) is 0. The molecular weight excluding hydrogens is 474 g/mol. The number of nitrogens with two attached hydrogens (primary N) is 1. The molecule has 164 valence electrons. The van der Waals surface area contributed by atoms with Gasteiger partial charge >= 0.3 is 0 Å². The number of aromatic nitrogens is 3. The van der Waals surface area contributed by atoms with Crippen LogP contribution in [0.4, 0.5) is 0 Å². The van der Waals surface area contributed by atoms with Gasteiger partial charge in [0.2, 0.25) is 5.91 Å². The standard InChI is InChI=1S/C23H22BrN5O3/c1-23-10-16(17(30)9-13-5-4-8-19(24)26-13)29(18(23)11-23)20(31)12-28-15-7-3-2-6-14(15)21(27-28)22(25)32/h2-8,16,18H,9-12H2,1H3,(H2,25,32)/t16-,18+,23-/m0/s1. The van der Waals surface area contributed by atoms with Crippen molar-refractivity contribution in [1.82, 2.24) is 19.7 Å². The van der Waals surface area contributed by atoms with Crippen LogP contribution >= 0.6 is 15.9 Å². The Balaban J connectivity index is 1.40. The monoisotopic (exact) mass is 495 g/mol. The lowest BCUT2D eigenvalue weighted by Crippen LogP contribution is -2.45. The summed E-state index contributed by atoms with van der Waals surface area (Å²) in [5.41, 5.74) is 6.92. The summed E-state index contributed by atoms with van der Waals surface area (Å²) in [4.78, 5) is 44.5. The van der Waals surface area contributed by atoms with E-state index in [0.717, 1.165) is 6.42 Å². The molecule has 1 aliphatic carbocycles. The van der Waals surface area contributed by atoms with Gasteiger partial charge in [0, 0.05) is 17.1 Å². The highest BCUT2D eigenvalue weighted by Crippen LogP contribution is 2.59.